The number of carbonyl (C=O) groups excluding carboxylic acids is 3. The predicted molar refractivity (Wildman–Crippen MR) is 110 cm³/mol. The predicted octanol–water partition coefficient (Wildman–Crippen LogP) is 2.78. The maximum absolute atomic E-state index is 12.9. The summed E-state index contributed by atoms with van der Waals surface area (Å²) in [6.07, 6.45) is 0. The Labute approximate surface area is 174 Å². The van der Waals surface area contributed by atoms with Crippen LogP contribution in [0, 0.1) is 0 Å². The van der Waals surface area contributed by atoms with Crippen molar-refractivity contribution < 1.29 is 14.4 Å². The van der Waals surface area contributed by atoms with Crippen molar-refractivity contribution in [3.63, 3.8) is 0 Å². The van der Waals surface area contributed by atoms with E-state index >= 15 is 0 Å². The van der Waals surface area contributed by atoms with Gasteiger partial charge in [-0.15, -0.1) is 0 Å². The highest BCUT2D eigenvalue weighted by atomic mass is 35.5. The third-order valence-corrected chi connectivity index (χ3v) is 5.13. The highest BCUT2D eigenvalue weighted by molar-refractivity contribution is 6.30. The number of aryl methyl sites for hydroxylation is 1. The highest BCUT2D eigenvalue weighted by Gasteiger charge is 2.49. The van der Waals surface area contributed by atoms with Crippen molar-refractivity contribution in [2.24, 2.45) is 7.05 Å². The van der Waals surface area contributed by atoms with Crippen LogP contribution in [0.25, 0.3) is 0 Å². The summed E-state index contributed by atoms with van der Waals surface area (Å²) in [5.74, 6) is -0.516. The lowest BCUT2D eigenvalue weighted by atomic mass is 9.92. The number of imide groups is 1. The minimum Gasteiger partial charge on any atom is -0.319 e. The second-order valence-corrected chi connectivity index (χ2v) is 8.73. The first-order chi connectivity index (χ1) is 13.4. The van der Waals surface area contributed by atoms with Crippen molar-refractivity contribution in [1.82, 2.24) is 20.0 Å². The maximum atomic E-state index is 12.9. The Hall–Kier alpha value is -2.87. The summed E-state index contributed by atoms with van der Waals surface area (Å²) in [5, 5.41) is 10.2. The summed E-state index contributed by atoms with van der Waals surface area (Å²) in [4.78, 5) is 38.8. The van der Waals surface area contributed by atoms with Crippen molar-refractivity contribution in [1.29, 1.82) is 0 Å². The van der Waals surface area contributed by atoms with Gasteiger partial charge in [-0.25, -0.2) is 4.79 Å². The summed E-state index contributed by atoms with van der Waals surface area (Å²) in [5.41, 5.74) is -0.0926. The van der Waals surface area contributed by atoms with Gasteiger partial charge in [-0.2, -0.15) is 5.10 Å². The monoisotopic (exact) mass is 417 g/mol. The van der Waals surface area contributed by atoms with Crippen LogP contribution in [-0.2, 0) is 27.6 Å². The van der Waals surface area contributed by atoms with E-state index in [0.717, 1.165) is 10.6 Å². The second-order valence-electron chi connectivity index (χ2n) is 8.29. The first-order valence-electron chi connectivity index (χ1n) is 9.16. The number of hydrogen-bond acceptors (Lipinski definition) is 4. The Balaban J connectivity index is 1.75. The zero-order valence-corrected chi connectivity index (χ0v) is 17.8. The largest absolute Gasteiger partial charge is 0.325 e. The minimum absolute atomic E-state index is 0.176. The summed E-state index contributed by atoms with van der Waals surface area (Å²) in [6, 6.07) is 7.85. The molecule has 2 heterocycles. The topological polar surface area (TPSA) is 96.3 Å². The Morgan fingerprint density at radius 3 is 2.55 bits per heavy atom. The maximum Gasteiger partial charge on any atom is 0.325 e. The number of amides is 4. The van der Waals surface area contributed by atoms with Gasteiger partial charge in [-0.05, 0) is 24.6 Å². The number of nitrogens with zero attached hydrogens (tertiary/aromatic N) is 3. The minimum atomic E-state index is -1.28. The molecule has 1 aromatic carbocycles. The molecule has 3 rings (SSSR count). The molecular formula is C20H24ClN5O3. The summed E-state index contributed by atoms with van der Waals surface area (Å²) < 4.78 is 1.56. The van der Waals surface area contributed by atoms with E-state index < -0.39 is 29.9 Å². The number of carbonyl (C=O) groups is 3. The SMILES string of the molecule is Cn1nc(C(C)(C)C)cc1NC(=O)CN1C(=O)NC(C)(c2cccc(Cl)c2)C1=O. The van der Waals surface area contributed by atoms with E-state index in [2.05, 4.69) is 15.7 Å². The summed E-state index contributed by atoms with van der Waals surface area (Å²) >= 11 is 6.02. The molecule has 154 valence electrons. The second kappa shape index (κ2) is 7.18. The van der Waals surface area contributed by atoms with Crippen molar-refractivity contribution >= 4 is 35.3 Å². The van der Waals surface area contributed by atoms with E-state index in [1.165, 1.54) is 0 Å². The molecule has 4 amide bonds. The standard InChI is InChI=1S/C20H24ClN5O3/c1-19(2,3)14-10-15(25(5)24-14)22-16(27)11-26-17(28)20(4,23-18(26)29)12-7-6-8-13(21)9-12/h6-10H,11H2,1-5H3,(H,22,27)(H,23,29). The van der Waals surface area contributed by atoms with Gasteiger partial charge in [-0.1, -0.05) is 44.5 Å². The molecule has 0 spiro atoms. The molecule has 1 atom stereocenters. The fraction of sp³-hybridized carbons (Fsp3) is 0.400. The van der Waals surface area contributed by atoms with Crippen LogP contribution in [-0.4, -0.2) is 39.1 Å². The van der Waals surface area contributed by atoms with Crippen LogP contribution in [0.4, 0.5) is 10.6 Å². The Morgan fingerprint density at radius 1 is 1.28 bits per heavy atom. The lowest BCUT2D eigenvalue weighted by Gasteiger charge is -2.22. The van der Waals surface area contributed by atoms with Gasteiger partial charge in [0, 0.05) is 23.6 Å². The van der Waals surface area contributed by atoms with Crippen molar-refractivity contribution in [2.45, 2.75) is 38.6 Å². The number of nitrogens with one attached hydrogen (secondary N) is 2. The van der Waals surface area contributed by atoms with Gasteiger partial charge in [0.25, 0.3) is 5.91 Å². The van der Waals surface area contributed by atoms with Gasteiger partial charge in [-0.3, -0.25) is 19.2 Å². The van der Waals surface area contributed by atoms with Crippen molar-refractivity contribution in [3.05, 3.63) is 46.6 Å². The van der Waals surface area contributed by atoms with E-state index in [0.29, 0.717) is 16.4 Å². The van der Waals surface area contributed by atoms with Crippen LogP contribution in [0.1, 0.15) is 39.0 Å². The molecule has 1 aromatic heterocycles. The van der Waals surface area contributed by atoms with Crippen molar-refractivity contribution in [2.75, 3.05) is 11.9 Å². The molecule has 1 aliphatic heterocycles. The molecule has 8 nitrogen and oxygen atoms in total. The molecular weight excluding hydrogens is 394 g/mol. The first-order valence-corrected chi connectivity index (χ1v) is 9.54. The van der Waals surface area contributed by atoms with E-state index in [-0.39, 0.29) is 5.41 Å². The zero-order valence-electron chi connectivity index (χ0n) is 17.0. The molecule has 29 heavy (non-hydrogen) atoms. The molecule has 1 aliphatic rings. The first kappa shape index (κ1) is 20.9. The number of rotatable bonds is 4. The van der Waals surface area contributed by atoms with Crippen LogP contribution in [0.2, 0.25) is 5.02 Å². The van der Waals surface area contributed by atoms with E-state index in [4.69, 9.17) is 11.6 Å². The molecule has 1 unspecified atom stereocenters. The molecule has 1 saturated heterocycles. The number of halogens is 1. The molecule has 0 bridgehead atoms. The number of anilines is 1. The van der Waals surface area contributed by atoms with E-state index in [9.17, 15) is 14.4 Å². The molecule has 0 radical (unpaired) electrons. The normalized spacial score (nSPS) is 19.4. The Bertz CT molecular complexity index is 994. The van der Waals surface area contributed by atoms with Gasteiger partial charge in [0.15, 0.2) is 0 Å². The number of aromatic nitrogens is 2. The average Bonchev–Trinajstić information content (AvgIpc) is 3.08. The quantitative estimate of drug-likeness (QED) is 0.747. The van der Waals surface area contributed by atoms with Crippen molar-refractivity contribution in [3.8, 4) is 0 Å². The number of hydrogen-bond donors (Lipinski definition) is 2. The zero-order chi connectivity index (χ0) is 21.6. The number of urea groups is 1. The Morgan fingerprint density at radius 2 is 1.97 bits per heavy atom. The van der Waals surface area contributed by atoms with Crippen LogP contribution < -0.4 is 10.6 Å². The van der Waals surface area contributed by atoms with Crippen LogP contribution in [0.15, 0.2) is 30.3 Å². The lowest BCUT2D eigenvalue weighted by Crippen LogP contribution is -2.42. The van der Waals surface area contributed by atoms with Gasteiger partial charge in [0.05, 0.1) is 5.69 Å². The fourth-order valence-electron chi connectivity index (χ4n) is 3.11. The van der Waals surface area contributed by atoms with E-state index in [1.807, 2.05) is 20.8 Å². The van der Waals surface area contributed by atoms with Crippen LogP contribution >= 0.6 is 11.6 Å². The van der Waals surface area contributed by atoms with Gasteiger partial charge < -0.3 is 10.6 Å². The average molecular weight is 418 g/mol. The number of benzene rings is 1. The van der Waals surface area contributed by atoms with Crippen LogP contribution in [0.3, 0.4) is 0 Å². The summed E-state index contributed by atoms with van der Waals surface area (Å²) in [6.45, 7) is 7.24. The summed E-state index contributed by atoms with van der Waals surface area (Å²) in [7, 11) is 1.72. The third-order valence-electron chi connectivity index (χ3n) is 4.89. The van der Waals surface area contributed by atoms with Crippen LogP contribution in [0.5, 0.6) is 0 Å². The van der Waals surface area contributed by atoms with Gasteiger partial charge in [0.1, 0.15) is 17.9 Å². The fourth-order valence-corrected chi connectivity index (χ4v) is 3.30. The third kappa shape index (κ3) is 3.98. The van der Waals surface area contributed by atoms with E-state index in [1.54, 1.807) is 49.0 Å². The Kier molecular flexibility index (Phi) is 5.17. The molecule has 0 aliphatic carbocycles. The van der Waals surface area contributed by atoms with Gasteiger partial charge in [0.2, 0.25) is 5.91 Å². The highest BCUT2D eigenvalue weighted by Crippen LogP contribution is 2.30. The molecule has 0 saturated carbocycles. The molecule has 9 heteroatoms. The smallest absolute Gasteiger partial charge is 0.319 e. The lowest BCUT2D eigenvalue weighted by molar-refractivity contribution is -0.133. The molecule has 2 N–H and O–H groups in total. The van der Waals surface area contributed by atoms with Gasteiger partial charge >= 0.3 is 6.03 Å². The molecule has 2 aromatic rings. The molecule has 1 fully saturated rings.